The van der Waals surface area contributed by atoms with Crippen LogP contribution in [0.3, 0.4) is 0 Å². The van der Waals surface area contributed by atoms with Crippen LogP contribution in [0.1, 0.15) is 62.5 Å². The van der Waals surface area contributed by atoms with Gasteiger partial charge in [0.1, 0.15) is 13.2 Å². The Bertz CT molecular complexity index is 1020. The van der Waals surface area contributed by atoms with Crippen molar-refractivity contribution in [1.29, 1.82) is 0 Å². The molecule has 7 heteroatoms. The van der Waals surface area contributed by atoms with Crippen LogP contribution in [0.15, 0.2) is 48.5 Å². The second-order valence-corrected chi connectivity index (χ2v) is 9.48. The maximum Gasteiger partial charge on any atom is 0.407 e. The third-order valence-electron chi connectivity index (χ3n) is 7.32. The molecule has 2 aromatic rings. The predicted octanol–water partition coefficient (Wildman–Crippen LogP) is 4.80. The fourth-order valence-electron chi connectivity index (χ4n) is 5.52. The summed E-state index contributed by atoms with van der Waals surface area (Å²) < 4.78 is 5.72. The second-order valence-electron chi connectivity index (χ2n) is 9.48. The number of carbonyl (C=O) groups is 3. The summed E-state index contributed by atoms with van der Waals surface area (Å²) in [4.78, 5) is 38.2. The van der Waals surface area contributed by atoms with Crippen LogP contribution in [-0.2, 0) is 14.3 Å². The second kappa shape index (κ2) is 11.4. The number of hydrogen-bond donors (Lipinski definition) is 2. The van der Waals surface area contributed by atoms with Gasteiger partial charge in [0.25, 0.3) is 0 Å². The number of carboxylic acids is 1. The third kappa shape index (κ3) is 5.84. The van der Waals surface area contributed by atoms with Crippen LogP contribution in [0.2, 0.25) is 0 Å². The van der Waals surface area contributed by atoms with Gasteiger partial charge >= 0.3 is 12.1 Å². The SMILES string of the molecule is CCN(CC(=O)O)C(=O)CC(NC(=O)OCC1c2ccccc2-c2ccccc21)C1CCCCC1. The quantitative estimate of drug-likeness (QED) is 0.540. The average Bonchev–Trinajstić information content (AvgIpc) is 3.19. The van der Waals surface area contributed by atoms with E-state index in [1.165, 1.54) is 16.0 Å². The van der Waals surface area contributed by atoms with E-state index in [2.05, 4.69) is 29.6 Å². The number of alkyl carbamates (subject to hydrolysis) is 1. The Morgan fingerprint density at radius 2 is 1.60 bits per heavy atom. The molecule has 2 aliphatic rings. The Hall–Kier alpha value is -3.35. The monoisotopic (exact) mass is 478 g/mol. The van der Waals surface area contributed by atoms with Gasteiger partial charge in [0.2, 0.25) is 5.91 Å². The van der Waals surface area contributed by atoms with Crippen molar-refractivity contribution in [3.63, 3.8) is 0 Å². The van der Waals surface area contributed by atoms with Crippen LogP contribution >= 0.6 is 0 Å². The molecule has 2 aliphatic carbocycles. The molecule has 35 heavy (non-hydrogen) atoms. The maximum atomic E-state index is 12.9. The molecule has 7 nitrogen and oxygen atoms in total. The first-order valence-corrected chi connectivity index (χ1v) is 12.6. The highest BCUT2D eigenvalue weighted by Crippen LogP contribution is 2.44. The summed E-state index contributed by atoms with van der Waals surface area (Å²) in [5.74, 6) is -1.16. The topological polar surface area (TPSA) is 95.9 Å². The lowest BCUT2D eigenvalue weighted by molar-refractivity contribution is -0.144. The zero-order valence-electron chi connectivity index (χ0n) is 20.2. The highest BCUT2D eigenvalue weighted by molar-refractivity contribution is 5.82. The Balaban J connectivity index is 1.43. The Morgan fingerprint density at radius 3 is 2.17 bits per heavy atom. The molecule has 0 aliphatic heterocycles. The first kappa shape index (κ1) is 24.8. The summed E-state index contributed by atoms with van der Waals surface area (Å²) in [6.07, 6.45) is 4.71. The molecule has 1 unspecified atom stereocenters. The lowest BCUT2D eigenvalue weighted by Gasteiger charge is -2.32. The number of benzene rings is 2. The summed E-state index contributed by atoms with van der Waals surface area (Å²) >= 11 is 0. The van der Waals surface area contributed by atoms with Crippen molar-refractivity contribution in [2.24, 2.45) is 5.92 Å². The number of ether oxygens (including phenoxy) is 1. The summed E-state index contributed by atoms with van der Waals surface area (Å²) in [5.41, 5.74) is 4.63. The van der Waals surface area contributed by atoms with Crippen LogP contribution in [0.5, 0.6) is 0 Å². The largest absolute Gasteiger partial charge is 0.480 e. The number of hydrogen-bond acceptors (Lipinski definition) is 4. The molecule has 186 valence electrons. The van der Waals surface area contributed by atoms with Crippen LogP contribution in [0.25, 0.3) is 11.1 Å². The lowest BCUT2D eigenvalue weighted by atomic mass is 9.82. The first-order chi connectivity index (χ1) is 17.0. The summed E-state index contributed by atoms with van der Waals surface area (Å²) in [6, 6.07) is 16.0. The average molecular weight is 479 g/mol. The fraction of sp³-hybridized carbons (Fsp3) is 0.464. The molecule has 0 bridgehead atoms. The molecular weight excluding hydrogens is 444 g/mol. The number of fused-ring (bicyclic) bond motifs is 3. The number of nitrogens with one attached hydrogen (secondary N) is 1. The molecule has 1 fully saturated rings. The number of carbonyl (C=O) groups excluding carboxylic acids is 2. The van der Waals surface area contributed by atoms with E-state index in [1.54, 1.807) is 6.92 Å². The number of nitrogens with zero attached hydrogens (tertiary/aromatic N) is 1. The Labute approximate surface area is 206 Å². The number of amides is 2. The van der Waals surface area contributed by atoms with Crippen molar-refractivity contribution in [2.75, 3.05) is 19.7 Å². The van der Waals surface area contributed by atoms with Gasteiger partial charge in [-0.2, -0.15) is 0 Å². The molecule has 2 N–H and O–H groups in total. The normalized spacial score (nSPS) is 16.1. The van der Waals surface area contributed by atoms with Gasteiger partial charge in [-0.05, 0) is 47.9 Å². The lowest BCUT2D eigenvalue weighted by Crippen LogP contribution is -2.46. The van der Waals surface area contributed by atoms with Gasteiger partial charge in [0.15, 0.2) is 0 Å². The van der Waals surface area contributed by atoms with Gasteiger partial charge < -0.3 is 20.1 Å². The number of carboxylic acid groups (broad SMARTS) is 1. The third-order valence-corrected chi connectivity index (χ3v) is 7.32. The van der Waals surface area contributed by atoms with Crippen molar-refractivity contribution >= 4 is 18.0 Å². The Kier molecular flexibility index (Phi) is 8.06. The standard InChI is InChI=1S/C28H34N2O5/c1-2-30(17-27(32)33)26(31)16-25(19-10-4-3-5-11-19)29-28(34)35-18-24-22-14-8-6-12-20(22)21-13-7-9-15-23(21)24/h6-9,12-15,19,24-25H,2-5,10-11,16-18H2,1H3,(H,29,34)(H,32,33). The highest BCUT2D eigenvalue weighted by atomic mass is 16.5. The van der Waals surface area contributed by atoms with E-state index < -0.39 is 12.1 Å². The Morgan fingerprint density at radius 1 is 1.00 bits per heavy atom. The van der Waals surface area contributed by atoms with Gasteiger partial charge in [-0.25, -0.2) is 4.79 Å². The van der Waals surface area contributed by atoms with Gasteiger partial charge in [-0.15, -0.1) is 0 Å². The molecule has 1 atom stereocenters. The van der Waals surface area contributed by atoms with E-state index in [1.807, 2.05) is 24.3 Å². The highest BCUT2D eigenvalue weighted by Gasteiger charge is 2.32. The molecule has 4 rings (SSSR count). The molecule has 2 aromatic carbocycles. The van der Waals surface area contributed by atoms with Crippen molar-refractivity contribution in [2.45, 2.75) is 57.4 Å². The summed E-state index contributed by atoms with van der Waals surface area (Å²) in [6.45, 7) is 1.95. The van der Waals surface area contributed by atoms with Crippen LogP contribution in [-0.4, -0.2) is 53.7 Å². The molecule has 0 radical (unpaired) electrons. The van der Waals surface area contributed by atoms with E-state index in [0.29, 0.717) is 6.54 Å². The maximum absolute atomic E-state index is 12.9. The molecule has 0 aromatic heterocycles. The van der Waals surface area contributed by atoms with E-state index in [9.17, 15) is 14.4 Å². The van der Waals surface area contributed by atoms with Crippen molar-refractivity contribution in [1.82, 2.24) is 10.2 Å². The smallest absolute Gasteiger partial charge is 0.407 e. The van der Waals surface area contributed by atoms with E-state index in [0.717, 1.165) is 43.2 Å². The van der Waals surface area contributed by atoms with Gasteiger partial charge in [-0.3, -0.25) is 9.59 Å². The van der Waals surface area contributed by atoms with Crippen LogP contribution < -0.4 is 5.32 Å². The predicted molar refractivity (Wildman–Crippen MR) is 133 cm³/mol. The molecule has 2 amide bonds. The van der Waals surface area contributed by atoms with E-state index in [-0.39, 0.29) is 43.4 Å². The van der Waals surface area contributed by atoms with Crippen molar-refractivity contribution < 1.29 is 24.2 Å². The summed E-state index contributed by atoms with van der Waals surface area (Å²) in [5, 5.41) is 12.1. The van der Waals surface area contributed by atoms with E-state index in [4.69, 9.17) is 9.84 Å². The fourth-order valence-corrected chi connectivity index (χ4v) is 5.52. The minimum absolute atomic E-state index is 0.0333. The van der Waals surface area contributed by atoms with Gasteiger partial charge in [0, 0.05) is 24.9 Å². The zero-order chi connectivity index (χ0) is 24.8. The molecule has 0 spiro atoms. The minimum Gasteiger partial charge on any atom is -0.480 e. The van der Waals surface area contributed by atoms with Gasteiger partial charge in [-0.1, -0.05) is 67.8 Å². The van der Waals surface area contributed by atoms with Gasteiger partial charge in [0.05, 0.1) is 0 Å². The summed E-state index contributed by atoms with van der Waals surface area (Å²) in [7, 11) is 0. The van der Waals surface area contributed by atoms with Crippen molar-refractivity contribution in [3.8, 4) is 11.1 Å². The number of aliphatic carboxylic acids is 1. The molecular formula is C28H34N2O5. The van der Waals surface area contributed by atoms with E-state index >= 15 is 0 Å². The molecule has 0 saturated heterocycles. The van der Waals surface area contributed by atoms with Crippen LogP contribution in [0, 0.1) is 5.92 Å². The number of rotatable bonds is 9. The molecule has 0 heterocycles. The molecule has 1 saturated carbocycles. The van der Waals surface area contributed by atoms with Crippen LogP contribution in [0.4, 0.5) is 4.79 Å². The van der Waals surface area contributed by atoms with Crippen molar-refractivity contribution in [3.05, 3.63) is 59.7 Å². The zero-order valence-corrected chi connectivity index (χ0v) is 20.2. The first-order valence-electron chi connectivity index (χ1n) is 12.6. The number of likely N-dealkylation sites (N-methyl/N-ethyl adjacent to an activating group) is 1. The minimum atomic E-state index is -1.04.